The quantitative estimate of drug-likeness (QED) is 0.729. The molecule has 1 aromatic rings. The Morgan fingerprint density at radius 1 is 1.35 bits per heavy atom. The third-order valence-electron chi connectivity index (χ3n) is 2.28. The molecule has 0 aliphatic heterocycles. The van der Waals surface area contributed by atoms with Gasteiger partial charge in [-0.3, -0.25) is 9.36 Å². The molecule has 0 atom stereocenters. The Labute approximate surface area is 104 Å². The van der Waals surface area contributed by atoms with Gasteiger partial charge >= 0.3 is 5.69 Å². The lowest BCUT2D eigenvalue weighted by Crippen LogP contribution is -2.40. The normalized spacial score (nSPS) is 10.5. The van der Waals surface area contributed by atoms with Crippen molar-refractivity contribution in [3.8, 4) is 0 Å². The number of hydrogen-bond acceptors (Lipinski definition) is 5. The first-order valence-electron chi connectivity index (χ1n) is 5.54. The zero-order chi connectivity index (χ0) is 12.8. The number of nitrogens with zero attached hydrogens (tertiary/aromatic N) is 3. The lowest BCUT2D eigenvalue weighted by molar-refractivity contribution is 0.604. The molecule has 0 aliphatic rings. The maximum Gasteiger partial charge on any atom is 0.346 e. The monoisotopic (exact) mass is 258 g/mol. The molecule has 0 aromatic carbocycles. The van der Waals surface area contributed by atoms with E-state index in [4.69, 9.17) is 0 Å². The minimum Gasteiger partial charge on any atom is -0.364 e. The van der Waals surface area contributed by atoms with Crippen molar-refractivity contribution in [2.75, 3.05) is 23.4 Å². The van der Waals surface area contributed by atoms with Crippen molar-refractivity contribution >= 4 is 17.6 Å². The Bertz CT molecular complexity index is 480. The Balaban J connectivity index is 2.66. The van der Waals surface area contributed by atoms with E-state index >= 15 is 0 Å². The van der Waals surface area contributed by atoms with E-state index in [0.29, 0.717) is 6.54 Å². The zero-order valence-corrected chi connectivity index (χ0v) is 11.2. The van der Waals surface area contributed by atoms with Crippen LogP contribution in [0.15, 0.2) is 9.59 Å². The molecule has 1 heterocycles. The van der Waals surface area contributed by atoms with Crippen LogP contribution in [0.3, 0.4) is 0 Å². The van der Waals surface area contributed by atoms with Gasteiger partial charge in [0.2, 0.25) is 5.82 Å². The van der Waals surface area contributed by atoms with E-state index in [2.05, 4.69) is 17.3 Å². The number of rotatable bonds is 6. The summed E-state index contributed by atoms with van der Waals surface area (Å²) in [5.41, 5.74) is -0.793. The van der Waals surface area contributed by atoms with Crippen molar-refractivity contribution in [3.63, 3.8) is 0 Å². The Hall–Kier alpha value is -1.24. The van der Waals surface area contributed by atoms with Gasteiger partial charge in [-0.25, -0.2) is 9.48 Å². The standard InChI is InChI=1S/C10H18N4O2S/c1-4-17-7-5-6-11-8-9(15)13(2)10(16)14(3)12-8/h4-7H2,1-3H3,(H,11,12). The molecule has 0 saturated heterocycles. The van der Waals surface area contributed by atoms with E-state index in [1.54, 1.807) is 0 Å². The van der Waals surface area contributed by atoms with Crippen LogP contribution in [0, 0.1) is 0 Å². The number of aryl methyl sites for hydroxylation is 1. The van der Waals surface area contributed by atoms with E-state index in [-0.39, 0.29) is 11.4 Å². The highest BCUT2D eigenvalue weighted by atomic mass is 32.2. The fraction of sp³-hybridized carbons (Fsp3) is 0.700. The molecule has 96 valence electrons. The molecule has 1 rings (SSSR count). The molecule has 17 heavy (non-hydrogen) atoms. The predicted octanol–water partition coefficient (Wildman–Crippen LogP) is 0.0341. The van der Waals surface area contributed by atoms with Gasteiger partial charge in [0, 0.05) is 20.6 Å². The number of aromatic nitrogens is 3. The van der Waals surface area contributed by atoms with Crippen molar-refractivity contribution in [3.05, 3.63) is 20.8 Å². The van der Waals surface area contributed by atoms with Crippen molar-refractivity contribution < 1.29 is 0 Å². The molecule has 7 heteroatoms. The first-order chi connectivity index (χ1) is 8.07. The van der Waals surface area contributed by atoms with Crippen LogP contribution < -0.4 is 16.6 Å². The van der Waals surface area contributed by atoms with Crippen LogP contribution in [-0.2, 0) is 14.1 Å². The summed E-state index contributed by atoms with van der Waals surface area (Å²) in [6.45, 7) is 2.80. The van der Waals surface area contributed by atoms with Gasteiger partial charge in [-0.15, -0.1) is 5.10 Å². The maximum atomic E-state index is 11.7. The van der Waals surface area contributed by atoms with Crippen molar-refractivity contribution in [2.24, 2.45) is 14.1 Å². The summed E-state index contributed by atoms with van der Waals surface area (Å²) in [4.78, 5) is 23.1. The van der Waals surface area contributed by atoms with Crippen LogP contribution in [0.1, 0.15) is 13.3 Å². The second-order valence-electron chi connectivity index (χ2n) is 3.60. The molecule has 0 unspecified atom stereocenters. The Kier molecular flexibility index (Phi) is 5.27. The molecule has 0 aliphatic carbocycles. The van der Waals surface area contributed by atoms with E-state index in [0.717, 1.165) is 27.2 Å². The average Bonchev–Trinajstić information content (AvgIpc) is 2.32. The van der Waals surface area contributed by atoms with Gasteiger partial charge in [-0.05, 0) is 17.9 Å². The summed E-state index contributed by atoms with van der Waals surface area (Å²) >= 11 is 1.86. The third kappa shape index (κ3) is 3.62. The van der Waals surface area contributed by atoms with Gasteiger partial charge in [0.15, 0.2) is 0 Å². The van der Waals surface area contributed by atoms with E-state index in [9.17, 15) is 9.59 Å². The summed E-state index contributed by atoms with van der Waals surface area (Å²) in [6.07, 6.45) is 0.964. The Morgan fingerprint density at radius 3 is 2.71 bits per heavy atom. The molecular formula is C10H18N4O2S. The van der Waals surface area contributed by atoms with Crippen LogP contribution >= 0.6 is 11.8 Å². The predicted molar refractivity (Wildman–Crippen MR) is 70.8 cm³/mol. The highest BCUT2D eigenvalue weighted by molar-refractivity contribution is 7.99. The van der Waals surface area contributed by atoms with E-state index in [1.807, 2.05) is 11.8 Å². The first-order valence-corrected chi connectivity index (χ1v) is 6.69. The minimum absolute atomic E-state index is 0.232. The SMILES string of the molecule is CCSCCCNc1nn(C)c(=O)n(C)c1=O. The summed E-state index contributed by atoms with van der Waals surface area (Å²) < 4.78 is 2.21. The molecule has 0 saturated carbocycles. The molecule has 0 fully saturated rings. The molecular weight excluding hydrogens is 240 g/mol. The third-order valence-corrected chi connectivity index (χ3v) is 3.27. The van der Waals surface area contributed by atoms with Gasteiger partial charge in [0.25, 0.3) is 5.56 Å². The number of thioether (sulfide) groups is 1. The number of hydrogen-bond donors (Lipinski definition) is 1. The maximum absolute atomic E-state index is 11.7. The fourth-order valence-electron chi connectivity index (χ4n) is 1.33. The molecule has 0 radical (unpaired) electrons. The topological polar surface area (TPSA) is 68.9 Å². The lowest BCUT2D eigenvalue weighted by Gasteiger charge is -2.07. The lowest BCUT2D eigenvalue weighted by atomic mass is 10.5. The van der Waals surface area contributed by atoms with Gasteiger partial charge < -0.3 is 5.32 Å². The number of nitrogens with one attached hydrogen (secondary N) is 1. The summed E-state index contributed by atoms with van der Waals surface area (Å²) in [5.74, 6) is 2.38. The molecule has 0 amide bonds. The molecule has 6 nitrogen and oxygen atoms in total. The first kappa shape index (κ1) is 13.8. The Morgan fingerprint density at radius 2 is 2.06 bits per heavy atom. The molecule has 1 aromatic heterocycles. The summed E-state index contributed by atoms with van der Waals surface area (Å²) in [5, 5.41) is 6.87. The minimum atomic E-state index is -0.415. The fourth-order valence-corrected chi connectivity index (χ4v) is 1.97. The van der Waals surface area contributed by atoms with Crippen LogP contribution in [0.4, 0.5) is 5.82 Å². The molecule has 1 N–H and O–H groups in total. The highest BCUT2D eigenvalue weighted by Gasteiger charge is 2.07. The number of anilines is 1. The van der Waals surface area contributed by atoms with Crippen LogP contribution in [0.5, 0.6) is 0 Å². The van der Waals surface area contributed by atoms with Gasteiger partial charge in [-0.1, -0.05) is 6.92 Å². The van der Waals surface area contributed by atoms with Gasteiger partial charge in [-0.2, -0.15) is 11.8 Å². The highest BCUT2D eigenvalue weighted by Crippen LogP contribution is 2.00. The smallest absolute Gasteiger partial charge is 0.346 e. The molecule has 0 spiro atoms. The van der Waals surface area contributed by atoms with Crippen LogP contribution in [-0.4, -0.2) is 32.4 Å². The van der Waals surface area contributed by atoms with E-state index < -0.39 is 5.69 Å². The van der Waals surface area contributed by atoms with Gasteiger partial charge in [0.1, 0.15) is 0 Å². The van der Waals surface area contributed by atoms with Crippen molar-refractivity contribution in [1.82, 2.24) is 14.3 Å². The zero-order valence-electron chi connectivity index (χ0n) is 10.4. The summed E-state index contributed by atoms with van der Waals surface area (Å²) in [6, 6.07) is 0. The summed E-state index contributed by atoms with van der Waals surface area (Å²) in [7, 11) is 2.98. The second-order valence-corrected chi connectivity index (χ2v) is 4.99. The van der Waals surface area contributed by atoms with Crippen molar-refractivity contribution in [1.29, 1.82) is 0 Å². The van der Waals surface area contributed by atoms with Crippen LogP contribution in [0.2, 0.25) is 0 Å². The van der Waals surface area contributed by atoms with Gasteiger partial charge in [0.05, 0.1) is 0 Å². The average molecular weight is 258 g/mol. The van der Waals surface area contributed by atoms with Crippen molar-refractivity contribution in [2.45, 2.75) is 13.3 Å². The largest absolute Gasteiger partial charge is 0.364 e. The molecule has 0 bridgehead atoms. The van der Waals surface area contributed by atoms with E-state index in [1.165, 1.54) is 14.1 Å². The second kappa shape index (κ2) is 6.48. The van der Waals surface area contributed by atoms with Crippen LogP contribution in [0.25, 0.3) is 0 Å².